The number of ether oxygens (including phenoxy) is 1. The van der Waals surface area contributed by atoms with Crippen LogP contribution in [0.1, 0.15) is 30.0 Å². The normalized spacial score (nSPS) is 22.7. The summed E-state index contributed by atoms with van der Waals surface area (Å²) in [5.41, 5.74) is 8.30. The van der Waals surface area contributed by atoms with Crippen molar-refractivity contribution in [2.45, 2.75) is 44.7 Å². The van der Waals surface area contributed by atoms with Gasteiger partial charge in [-0.2, -0.15) is 0 Å². The summed E-state index contributed by atoms with van der Waals surface area (Å²) in [4.78, 5) is 0.320. The van der Waals surface area contributed by atoms with E-state index in [0.717, 1.165) is 23.1 Å². The molecule has 0 bridgehead atoms. The fourth-order valence-electron chi connectivity index (χ4n) is 2.72. The van der Waals surface area contributed by atoms with E-state index in [1.54, 1.807) is 6.07 Å². The lowest BCUT2D eigenvalue weighted by Gasteiger charge is -2.17. The maximum Gasteiger partial charge on any atom is 0.240 e. The van der Waals surface area contributed by atoms with E-state index in [1.807, 2.05) is 26.8 Å². The molecule has 2 rings (SSSR count). The number of aryl methyl sites for hydroxylation is 2. The van der Waals surface area contributed by atoms with Gasteiger partial charge in [0.05, 0.1) is 11.0 Å². The monoisotopic (exact) mass is 312 g/mol. The highest BCUT2D eigenvalue weighted by Gasteiger charge is 2.26. The minimum Gasteiger partial charge on any atom is -0.378 e. The van der Waals surface area contributed by atoms with Crippen LogP contribution in [0.15, 0.2) is 17.0 Å². The van der Waals surface area contributed by atoms with Gasteiger partial charge in [-0.1, -0.05) is 6.07 Å². The van der Waals surface area contributed by atoms with Gasteiger partial charge >= 0.3 is 0 Å². The zero-order chi connectivity index (χ0) is 15.6. The molecule has 0 radical (unpaired) electrons. The first-order valence-corrected chi connectivity index (χ1v) is 8.75. The molecule has 0 aromatic heterocycles. The lowest BCUT2D eigenvalue weighted by Crippen LogP contribution is -2.32. The average Bonchev–Trinajstić information content (AvgIpc) is 2.82. The van der Waals surface area contributed by atoms with Crippen LogP contribution in [-0.4, -0.2) is 27.7 Å². The molecule has 1 aliphatic heterocycles. The first-order chi connectivity index (χ1) is 9.85. The van der Waals surface area contributed by atoms with Gasteiger partial charge in [-0.25, -0.2) is 13.1 Å². The van der Waals surface area contributed by atoms with Crippen molar-refractivity contribution < 1.29 is 13.2 Å². The largest absolute Gasteiger partial charge is 0.378 e. The Morgan fingerprint density at radius 2 is 2.05 bits per heavy atom. The molecule has 0 spiro atoms. The van der Waals surface area contributed by atoms with Gasteiger partial charge in [-0.15, -0.1) is 0 Å². The molecule has 1 saturated heterocycles. The lowest BCUT2D eigenvalue weighted by molar-refractivity contribution is 0.107. The SMILES string of the molecule is Cc1cc(C)c(S(=O)(=O)NCC2CCOC2C)cc1CN. The Balaban J connectivity index is 2.19. The van der Waals surface area contributed by atoms with Crippen molar-refractivity contribution in [1.82, 2.24) is 4.72 Å². The van der Waals surface area contributed by atoms with E-state index in [-0.39, 0.29) is 12.0 Å². The van der Waals surface area contributed by atoms with Crippen LogP contribution in [0.25, 0.3) is 0 Å². The van der Waals surface area contributed by atoms with Gasteiger partial charge in [0.1, 0.15) is 0 Å². The Hall–Kier alpha value is -0.950. The summed E-state index contributed by atoms with van der Waals surface area (Å²) in [6.07, 6.45) is 0.997. The maximum absolute atomic E-state index is 12.5. The quantitative estimate of drug-likeness (QED) is 0.862. The number of rotatable bonds is 5. The highest BCUT2D eigenvalue weighted by molar-refractivity contribution is 7.89. The van der Waals surface area contributed by atoms with Gasteiger partial charge in [0.25, 0.3) is 0 Å². The molecule has 0 amide bonds. The minimum absolute atomic E-state index is 0.103. The summed E-state index contributed by atoms with van der Waals surface area (Å²) in [6.45, 7) is 7.18. The summed E-state index contributed by atoms with van der Waals surface area (Å²) in [5, 5.41) is 0. The Morgan fingerprint density at radius 3 is 2.62 bits per heavy atom. The number of hydrogen-bond acceptors (Lipinski definition) is 4. The number of hydrogen-bond donors (Lipinski definition) is 2. The third-order valence-electron chi connectivity index (χ3n) is 4.21. The van der Waals surface area contributed by atoms with E-state index in [2.05, 4.69) is 4.72 Å². The molecular weight excluding hydrogens is 288 g/mol. The summed E-state index contributed by atoms with van der Waals surface area (Å²) in [7, 11) is -3.51. The molecule has 6 heteroatoms. The van der Waals surface area contributed by atoms with E-state index < -0.39 is 10.0 Å². The smallest absolute Gasteiger partial charge is 0.240 e. The zero-order valence-corrected chi connectivity index (χ0v) is 13.7. The predicted octanol–water partition coefficient (Wildman–Crippen LogP) is 1.47. The van der Waals surface area contributed by atoms with Gasteiger partial charge in [-0.05, 0) is 49.9 Å². The molecule has 2 atom stereocenters. The number of nitrogens with one attached hydrogen (secondary N) is 1. The molecule has 0 aliphatic carbocycles. The molecule has 1 aromatic rings. The predicted molar refractivity (Wildman–Crippen MR) is 82.5 cm³/mol. The number of nitrogens with two attached hydrogens (primary N) is 1. The second kappa shape index (κ2) is 6.44. The summed E-state index contributed by atoms with van der Waals surface area (Å²) in [5.74, 6) is 0.236. The molecule has 1 heterocycles. The highest BCUT2D eigenvalue weighted by Crippen LogP contribution is 2.23. The molecule has 5 nitrogen and oxygen atoms in total. The van der Waals surface area contributed by atoms with Crippen molar-refractivity contribution in [3.05, 3.63) is 28.8 Å². The second-order valence-corrected chi connectivity index (χ2v) is 7.46. The molecule has 1 aliphatic rings. The summed E-state index contributed by atoms with van der Waals surface area (Å²) >= 11 is 0. The average molecular weight is 312 g/mol. The topological polar surface area (TPSA) is 81.4 Å². The van der Waals surface area contributed by atoms with Gasteiger partial charge < -0.3 is 10.5 Å². The number of benzene rings is 1. The maximum atomic E-state index is 12.5. The molecule has 2 unspecified atom stereocenters. The third kappa shape index (κ3) is 3.63. The lowest BCUT2D eigenvalue weighted by atomic mass is 10.0. The van der Waals surface area contributed by atoms with E-state index in [1.165, 1.54) is 0 Å². The van der Waals surface area contributed by atoms with Crippen molar-refractivity contribution in [3.8, 4) is 0 Å². The Morgan fingerprint density at radius 1 is 1.33 bits per heavy atom. The van der Waals surface area contributed by atoms with Gasteiger partial charge in [0.15, 0.2) is 0 Å². The van der Waals surface area contributed by atoms with Crippen LogP contribution >= 0.6 is 0 Å². The van der Waals surface area contributed by atoms with Crippen molar-refractivity contribution in [2.75, 3.05) is 13.2 Å². The van der Waals surface area contributed by atoms with E-state index in [0.29, 0.717) is 24.6 Å². The van der Waals surface area contributed by atoms with Crippen LogP contribution in [0, 0.1) is 19.8 Å². The van der Waals surface area contributed by atoms with E-state index >= 15 is 0 Å². The van der Waals surface area contributed by atoms with Crippen LogP contribution in [-0.2, 0) is 21.3 Å². The van der Waals surface area contributed by atoms with Crippen molar-refractivity contribution >= 4 is 10.0 Å². The van der Waals surface area contributed by atoms with Crippen LogP contribution in [0.5, 0.6) is 0 Å². The van der Waals surface area contributed by atoms with Crippen LogP contribution < -0.4 is 10.5 Å². The first kappa shape index (κ1) is 16.4. The van der Waals surface area contributed by atoms with Crippen LogP contribution in [0.4, 0.5) is 0 Å². The van der Waals surface area contributed by atoms with E-state index in [4.69, 9.17) is 10.5 Å². The van der Waals surface area contributed by atoms with Gasteiger partial charge in [0.2, 0.25) is 10.0 Å². The zero-order valence-electron chi connectivity index (χ0n) is 12.8. The van der Waals surface area contributed by atoms with Gasteiger partial charge in [-0.3, -0.25) is 0 Å². The number of sulfonamides is 1. The minimum atomic E-state index is -3.51. The van der Waals surface area contributed by atoms with Gasteiger partial charge in [0, 0.05) is 25.6 Å². The van der Waals surface area contributed by atoms with Crippen LogP contribution in [0.2, 0.25) is 0 Å². The summed E-state index contributed by atoms with van der Waals surface area (Å²) in [6, 6.07) is 3.56. The first-order valence-electron chi connectivity index (χ1n) is 7.26. The standard InChI is InChI=1S/C15H24N2O3S/c1-10-6-11(2)15(7-14(10)8-16)21(18,19)17-9-13-4-5-20-12(13)3/h6-7,12-13,17H,4-5,8-9,16H2,1-3H3. The molecular formula is C15H24N2O3S. The van der Waals surface area contributed by atoms with Crippen molar-refractivity contribution in [2.24, 2.45) is 11.7 Å². The van der Waals surface area contributed by atoms with Crippen molar-refractivity contribution in [3.63, 3.8) is 0 Å². The highest BCUT2D eigenvalue weighted by atomic mass is 32.2. The Bertz CT molecular complexity index is 614. The second-order valence-electron chi connectivity index (χ2n) is 5.72. The molecule has 0 saturated carbocycles. The molecule has 118 valence electrons. The fourth-order valence-corrected chi connectivity index (χ4v) is 4.09. The molecule has 1 aromatic carbocycles. The molecule has 3 N–H and O–H groups in total. The molecule has 1 fully saturated rings. The van der Waals surface area contributed by atoms with Crippen molar-refractivity contribution in [1.29, 1.82) is 0 Å². The third-order valence-corrected chi connectivity index (χ3v) is 5.78. The summed E-state index contributed by atoms with van der Waals surface area (Å²) < 4.78 is 33.2. The van der Waals surface area contributed by atoms with E-state index in [9.17, 15) is 8.42 Å². The Kier molecular flexibility index (Phi) is 5.03. The van der Waals surface area contributed by atoms with Crippen LogP contribution in [0.3, 0.4) is 0 Å². The Labute approximate surface area is 126 Å². The molecule has 21 heavy (non-hydrogen) atoms. The fraction of sp³-hybridized carbons (Fsp3) is 0.600.